The average Bonchev–Trinajstić information content (AvgIpc) is 2.41. The van der Waals surface area contributed by atoms with E-state index in [2.05, 4.69) is 19.4 Å². The molecule has 1 amide bonds. The first kappa shape index (κ1) is 19.5. The molecule has 20 heavy (non-hydrogen) atoms. The normalized spacial score (nSPS) is 14.2. The minimum absolute atomic E-state index is 0.0207. The van der Waals surface area contributed by atoms with Crippen LogP contribution in [0, 0.1) is 5.92 Å². The largest absolute Gasteiger partial charge is 0.501 e. The molecule has 0 spiro atoms. The molecule has 0 fully saturated rings. The number of hydrogen-bond acceptors (Lipinski definition) is 6. The second-order valence-electron chi connectivity index (χ2n) is 4.56. The molecule has 0 saturated carbocycles. The topological polar surface area (TPSA) is 83.1 Å². The van der Waals surface area contributed by atoms with Crippen LogP contribution >= 0.6 is 7.82 Å². The molecule has 1 N–H and O–H groups in total. The molecule has 0 aliphatic heterocycles. The van der Waals surface area contributed by atoms with Gasteiger partial charge in [-0.15, -0.1) is 4.67 Å². The van der Waals surface area contributed by atoms with E-state index in [0.29, 0.717) is 6.54 Å². The Labute approximate surface area is 120 Å². The van der Waals surface area contributed by atoms with Gasteiger partial charge in [0.2, 0.25) is 5.91 Å². The van der Waals surface area contributed by atoms with Gasteiger partial charge in [-0.3, -0.25) is 13.8 Å². The standard InChI is InChI=1S/C12H26NO6P/c1-11(2)12(14)13-9-7-5-6-8-10-18-20(15,17-4)19-16-3/h11H,5-10H2,1-4H3,(H,13,14). The first-order chi connectivity index (χ1) is 9.45. The highest BCUT2D eigenvalue weighted by Gasteiger charge is 2.25. The predicted octanol–water partition coefficient (Wildman–Crippen LogP) is 2.67. The molecule has 1 atom stereocenters. The summed E-state index contributed by atoms with van der Waals surface area (Å²) in [5.41, 5.74) is 0. The van der Waals surface area contributed by atoms with Gasteiger partial charge in [-0.1, -0.05) is 26.7 Å². The molecule has 0 aromatic carbocycles. The predicted molar refractivity (Wildman–Crippen MR) is 75.0 cm³/mol. The van der Waals surface area contributed by atoms with Crippen molar-refractivity contribution in [2.45, 2.75) is 39.5 Å². The fourth-order valence-corrected chi connectivity index (χ4v) is 2.11. The van der Waals surface area contributed by atoms with Crippen molar-refractivity contribution in [1.29, 1.82) is 0 Å². The minimum Gasteiger partial charge on any atom is -0.356 e. The minimum atomic E-state index is -3.56. The van der Waals surface area contributed by atoms with Gasteiger partial charge < -0.3 is 5.32 Å². The van der Waals surface area contributed by atoms with Gasteiger partial charge in [0.1, 0.15) is 0 Å². The van der Waals surface area contributed by atoms with Crippen LogP contribution < -0.4 is 5.32 Å². The van der Waals surface area contributed by atoms with Crippen molar-refractivity contribution >= 4 is 13.7 Å². The van der Waals surface area contributed by atoms with E-state index < -0.39 is 7.82 Å². The second-order valence-corrected chi connectivity index (χ2v) is 6.23. The maximum atomic E-state index is 11.6. The van der Waals surface area contributed by atoms with E-state index in [1.807, 2.05) is 13.8 Å². The summed E-state index contributed by atoms with van der Waals surface area (Å²) in [4.78, 5) is 15.6. The van der Waals surface area contributed by atoms with Gasteiger partial charge in [-0.2, -0.15) is 0 Å². The number of carbonyl (C=O) groups excluding carboxylic acids is 1. The van der Waals surface area contributed by atoms with Crippen LogP contribution in [0.25, 0.3) is 0 Å². The fraction of sp³-hybridized carbons (Fsp3) is 0.917. The Balaban J connectivity index is 3.49. The Kier molecular flexibility index (Phi) is 11.0. The average molecular weight is 311 g/mol. The van der Waals surface area contributed by atoms with Gasteiger partial charge >= 0.3 is 7.82 Å². The molecule has 0 rings (SSSR count). The number of rotatable bonds is 12. The number of phosphoric acid groups is 1. The van der Waals surface area contributed by atoms with Crippen molar-refractivity contribution in [2.75, 3.05) is 27.4 Å². The van der Waals surface area contributed by atoms with Gasteiger partial charge in [0.05, 0.1) is 13.7 Å². The third kappa shape index (κ3) is 9.44. The summed E-state index contributed by atoms with van der Waals surface area (Å²) in [7, 11) is -1.10. The van der Waals surface area contributed by atoms with Crippen LogP contribution in [0.4, 0.5) is 0 Å². The summed E-state index contributed by atoms with van der Waals surface area (Å²) in [6.07, 6.45) is 3.52. The summed E-state index contributed by atoms with van der Waals surface area (Å²) >= 11 is 0. The van der Waals surface area contributed by atoms with Crippen molar-refractivity contribution in [3.8, 4) is 0 Å². The number of carbonyl (C=O) groups is 1. The number of amides is 1. The molecule has 0 bridgehead atoms. The number of nitrogens with one attached hydrogen (secondary N) is 1. The number of unbranched alkanes of at least 4 members (excludes halogenated alkanes) is 3. The molecule has 0 heterocycles. The molecule has 0 aliphatic rings. The van der Waals surface area contributed by atoms with Crippen molar-refractivity contribution in [2.24, 2.45) is 5.92 Å². The highest BCUT2D eigenvalue weighted by atomic mass is 31.2. The third-order valence-electron chi connectivity index (χ3n) is 2.53. The molecule has 0 aliphatic carbocycles. The zero-order valence-electron chi connectivity index (χ0n) is 12.7. The van der Waals surface area contributed by atoms with Crippen molar-refractivity contribution < 1.29 is 28.0 Å². The quantitative estimate of drug-likeness (QED) is 0.258. The van der Waals surface area contributed by atoms with Crippen LogP contribution in [-0.2, 0) is 28.0 Å². The lowest BCUT2D eigenvalue weighted by Gasteiger charge is -2.13. The molecule has 7 nitrogen and oxygen atoms in total. The first-order valence-electron chi connectivity index (χ1n) is 6.75. The molecule has 0 aromatic heterocycles. The zero-order valence-corrected chi connectivity index (χ0v) is 13.6. The van der Waals surface area contributed by atoms with Crippen LogP contribution in [0.15, 0.2) is 0 Å². The van der Waals surface area contributed by atoms with Crippen molar-refractivity contribution in [3.05, 3.63) is 0 Å². The van der Waals surface area contributed by atoms with Crippen LogP contribution in [0.5, 0.6) is 0 Å². The molecule has 0 aromatic rings. The Morgan fingerprint density at radius 1 is 1.15 bits per heavy atom. The third-order valence-corrected chi connectivity index (χ3v) is 3.81. The van der Waals surface area contributed by atoms with E-state index in [-0.39, 0.29) is 18.4 Å². The lowest BCUT2D eigenvalue weighted by Crippen LogP contribution is -2.28. The van der Waals surface area contributed by atoms with Crippen molar-refractivity contribution in [3.63, 3.8) is 0 Å². The number of phosphoric ester groups is 1. The van der Waals surface area contributed by atoms with E-state index in [1.165, 1.54) is 14.2 Å². The van der Waals surface area contributed by atoms with Gasteiger partial charge in [0.15, 0.2) is 0 Å². The van der Waals surface area contributed by atoms with Crippen molar-refractivity contribution in [1.82, 2.24) is 5.32 Å². The molecular weight excluding hydrogens is 285 g/mol. The van der Waals surface area contributed by atoms with E-state index in [0.717, 1.165) is 25.7 Å². The van der Waals surface area contributed by atoms with Crippen LogP contribution in [-0.4, -0.2) is 33.3 Å². The highest BCUT2D eigenvalue weighted by molar-refractivity contribution is 7.48. The molecule has 120 valence electrons. The Morgan fingerprint density at radius 3 is 2.35 bits per heavy atom. The lowest BCUT2D eigenvalue weighted by atomic mass is 10.2. The maximum Gasteiger partial charge on any atom is 0.501 e. The molecular formula is C12H26NO6P. The summed E-state index contributed by atoms with van der Waals surface area (Å²) in [6.45, 7) is 4.68. The van der Waals surface area contributed by atoms with E-state index >= 15 is 0 Å². The SMILES string of the molecule is COOP(=O)(OC)OCCCCCCNC(=O)C(C)C. The summed E-state index contributed by atoms with van der Waals surface area (Å²) in [5, 5.41) is 2.85. The maximum absolute atomic E-state index is 11.6. The van der Waals surface area contributed by atoms with Gasteiger partial charge in [-0.05, 0) is 12.8 Å². The van der Waals surface area contributed by atoms with E-state index in [9.17, 15) is 9.36 Å². The fourth-order valence-electron chi connectivity index (χ4n) is 1.37. The van der Waals surface area contributed by atoms with Gasteiger partial charge in [0.25, 0.3) is 0 Å². The lowest BCUT2D eigenvalue weighted by molar-refractivity contribution is -0.200. The first-order valence-corrected chi connectivity index (χ1v) is 8.21. The second kappa shape index (κ2) is 11.2. The van der Waals surface area contributed by atoms with Crippen LogP contribution in [0.3, 0.4) is 0 Å². The smallest absolute Gasteiger partial charge is 0.356 e. The molecule has 0 radical (unpaired) electrons. The van der Waals surface area contributed by atoms with Crippen LogP contribution in [0.1, 0.15) is 39.5 Å². The molecule has 1 unspecified atom stereocenters. The van der Waals surface area contributed by atoms with Gasteiger partial charge in [0, 0.05) is 19.6 Å². The molecule has 8 heteroatoms. The van der Waals surface area contributed by atoms with Gasteiger partial charge in [-0.25, -0.2) is 9.45 Å². The number of hydrogen-bond donors (Lipinski definition) is 1. The Bertz CT molecular complexity index is 310. The summed E-state index contributed by atoms with van der Waals surface area (Å²) in [6, 6.07) is 0. The summed E-state index contributed by atoms with van der Waals surface area (Å²) in [5.74, 6) is 0.0958. The molecule has 0 saturated heterocycles. The van der Waals surface area contributed by atoms with E-state index in [1.54, 1.807) is 0 Å². The van der Waals surface area contributed by atoms with E-state index in [4.69, 9.17) is 4.52 Å². The Hall–Kier alpha value is -0.460. The zero-order chi connectivity index (χ0) is 15.4. The van der Waals surface area contributed by atoms with Crippen LogP contribution in [0.2, 0.25) is 0 Å². The Morgan fingerprint density at radius 2 is 1.80 bits per heavy atom. The summed E-state index contributed by atoms with van der Waals surface area (Å²) < 4.78 is 25.7. The monoisotopic (exact) mass is 311 g/mol. The highest BCUT2D eigenvalue weighted by Crippen LogP contribution is 2.48.